The van der Waals surface area contributed by atoms with E-state index in [-0.39, 0.29) is 0 Å². The molecular weight excluding hydrogens is 342 g/mol. The maximum atomic E-state index is 5.46. The highest BCUT2D eigenvalue weighted by atomic mass is 127. The van der Waals surface area contributed by atoms with Crippen LogP contribution in [0.5, 0.6) is 0 Å². The highest BCUT2D eigenvalue weighted by Gasteiger charge is 1.94. The fraction of sp³-hybridized carbons (Fsp3) is 0. The van der Waals surface area contributed by atoms with Crippen molar-refractivity contribution in [2.45, 2.75) is 0 Å². The van der Waals surface area contributed by atoms with E-state index in [9.17, 15) is 0 Å². The van der Waals surface area contributed by atoms with Gasteiger partial charge in [-0.15, -0.1) is 0 Å². The lowest BCUT2D eigenvalue weighted by atomic mass is 10.4. The van der Waals surface area contributed by atoms with Crippen molar-refractivity contribution in [1.29, 1.82) is 0 Å². The number of nitrogens with two attached hydrogens (primary N) is 1. The number of aromatic nitrogens is 1. The topological polar surface area (TPSA) is 38.9 Å². The van der Waals surface area contributed by atoms with Gasteiger partial charge in [0.15, 0.2) is 0 Å². The van der Waals surface area contributed by atoms with Gasteiger partial charge in [0.25, 0.3) is 0 Å². The molecule has 0 aromatic carbocycles. The zero-order valence-electron chi connectivity index (χ0n) is 4.44. The highest BCUT2D eigenvalue weighted by molar-refractivity contribution is 14.1. The zero-order chi connectivity index (χ0) is 6.85. The number of anilines is 1. The van der Waals surface area contributed by atoms with Crippen molar-refractivity contribution in [3.8, 4) is 0 Å². The van der Waals surface area contributed by atoms with Gasteiger partial charge in [0, 0.05) is 3.57 Å². The molecule has 0 saturated heterocycles. The van der Waals surface area contributed by atoms with Crippen LogP contribution in [-0.4, -0.2) is 4.98 Å². The van der Waals surface area contributed by atoms with Gasteiger partial charge in [-0.05, 0) is 51.2 Å². The largest absolute Gasteiger partial charge is 0.397 e. The summed E-state index contributed by atoms with van der Waals surface area (Å²) in [4.78, 5) is 4.03. The quantitative estimate of drug-likeness (QED) is 0.576. The second-order valence-corrected chi connectivity index (χ2v) is 3.73. The Balaban J connectivity index is 3.17. The van der Waals surface area contributed by atoms with Gasteiger partial charge in [-0.3, -0.25) is 0 Å². The number of nitrogens with zero attached hydrogens (tertiary/aromatic N) is 1. The summed E-state index contributed by atoms with van der Waals surface area (Å²) in [5.41, 5.74) is 6.18. The maximum absolute atomic E-state index is 5.46. The Hall–Kier alpha value is 0.410. The molecule has 0 bridgehead atoms. The second-order valence-electron chi connectivity index (χ2n) is 1.54. The minimum absolute atomic E-state index is 0.722. The highest BCUT2D eigenvalue weighted by Crippen LogP contribution is 2.13. The van der Waals surface area contributed by atoms with E-state index in [0.717, 1.165) is 13.0 Å². The number of halogens is 2. The average molecular weight is 346 g/mol. The summed E-state index contributed by atoms with van der Waals surface area (Å²) < 4.78 is 2.11. The van der Waals surface area contributed by atoms with Crippen LogP contribution in [0.1, 0.15) is 0 Å². The van der Waals surface area contributed by atoms with Crippen LogP contribution in [0.25, 0.3) is 0 Å². The van der Waals surface area contributed by atoms with Gasteiger partial charge in [0.2, 0.25) is 0 Å². The summed E-state index contributed by atoms with van der Waals surface area (Å²) >= 11 is 4.37. The molecule has 1 heterocycles. The van der Waals surface area contributed by atoms with Crippen molar-refractivity contribution < 1.29 is 0 Å². The molecule has 0 aliphatic rings. The van der Waals surface area contributed by atoms with Gasteiger partial charge < -0.3 is 5.73 Å². The zero-order valence-corrected chi connectivity index (χ0v) is 8.75. The standard InChI is InChI=1S/C5H4I2N2/c6-4-1-3(8)2-9-5(4)7/h1-2H,8H2. The monoisotopic (exact) mass is 346 g/mol. The van der Waals surface area contributed by atoms with Crippen LogP contribution in [-0.2, 0) is 0 Å². The lowest BCUT2D eigenvalue weighted by Crippen LogP contribution is -1.90. The third-order valence-electron chi connectivity index (χ3n) is 0.817. The number of nitrogen functional groups attached to an aromatic ring is 1. The molecule has 2 nitrogen and oxygen atoms in total. The van der Waals surface area contributed by atoms with Crippen molar-refractivity contribution in [2.24, 2.45) is 0 Å². The summed E-state index contributed by atoms with van der Waals surface area (Å²) in [7, 11) is 0. The number of rotatable bonds is 0. The molecule has 1 rings (SSSR count). The van der Waals surface area contributed by atoms with E-state index < -0.39 is 0 Å². The first-order chi connectivity index (χ1) is 4.20. The molecule has 48 valence electrons. The summed E-state index contributed by atoms with van der Waals surface area (Å²) in [5.74, 6) is 0. The molecule has 0 unspecified atom stereocenters. The van der Waals surface area contributed by atoms with Crippen molar-refractivity contribution in [3.63, 3.8) is 0 Å². The van der Waals surface area contributed by atoms with Crippen LogP contribution >= 0.6 is 45.2 Å². The molecule has 0 fully saturated rings. The van der Waals surface area contributed by atoms with Crippen molar-refractivity contribution >= 4 is 50.9 Å². The molecule has 1 aromatic rings. The molecular formula is C5H4I2N2. The van der Waals surface area contributed by atoms with Gasteiger partial charge in [0.1, 0.15) is 3.70 Å². The first kappa shape index (κ1) is 7.52. The molecule has 1 aromatic heterocycles. The Labute approximate surface area is 80.5 Å². The summed E-state index contributed by atoms with van der Waals surface area (Å²) in [6.45, 7) is 0. The molecule has 0 radical (unpaired) electrons. The molecule has 0 saturated carbocycles. The van der Waals surface area contributed by atoms with E-state index in [2.05, 4.69) is 50.2 Å². The predicted molar refractivity (Wildman–Crippen MR) is 54.1 cm³/mol. The molecule has 0 aliphatic heterocycles. The molecule has 0 spiro atoms. The van der Waals surface area contributed by atoms with Crippen LogP contribution in [0, 0.1) is 7.27 Å². The van der Waals surface area contributed by atoms with Crippen molar-refractivity contribution in [3.05, 3.63) is 19.5 Å². The summed E-state index contributed by atoms with van der Waals surface area (Å²) in [6.07, 6.45) is 1.66. The van der Waals surface area contributed by atoms with Crippen molar-refractivity contribution in [2.75, 3.05) is 5.73 Å². The van der Waals surface area contributed by atoms with Gasteiger partial charge in [0.05, 0.1) is 11.9 Å². The number of hydrogen-bond acceptors (Lipinski definition) is 2. The second kappa shape index (κ2) is 3.00. The van der Waals surface area contributed by atoms with Gasteiger partial charge in [-0.1, -0.05) is 0 Å². The predicted octanol–water partition coefficient (Wildman–Crippen LogP) is 1.87. The molecule has 4 heteroatoms. The van der Waals surface area contributed by atoms with Gasteiger partial charge in [-0.25, -0.2) is 4.98 Å². The molecule has 0 atom stereocenters. The fourth-order valence-corrected chi connectivity index (χ4v) is 1.23. The minimum Gasteiger partial charge on any atom is -0.397 e. The third-order valence-corrected chi connectivity index (χ3v) is 3.53. The fourth-order valence-electron chi connectivity index (χ4n) is 0.436. The van der Waals surface area contributed by atoms with Crippen molar-refractivity contribution in [1.82, 2.24) is 4.98 Å². The van der Waals surface area contributed by atoms with Crippen LogP contribution in [0.4, 0.5) is 5.69 Å². The Bertz CT molecular complexity index is 224. The normalized spacial score (nSPS) is 9.56. The van der Waals surface area contributed by atoms with E-state index in [1.807, 2.05) is 6.07 Å². The van der Waals surface area contributed by atoms with E-state index in [1.165, 1.54) is 0 Å². The minimum atomic E-state index is 0.722. The maximum Gasteiger partial charge on any atom is 0.114 e. The Kier molecular flexibility index (Phi) is 2.50. The smallest absolute Gasteiger partial charge is 0.114 e. The Morgan fingerprint density at radius 1 is 1.44 bits per heavy atom. The first-order valence-electron chi connectivity index (χ1n) is 2.26. The lowest BCUT2D eigenvalue weighted by Gasteiger charge is -1.94. The average Bonchev–Trinajstić information content (AvgIpc) is 1.80. The van der Waals surface area contributed by atoms with Crippen LogP contribution in [0.15, 0.2) is 12.3 Å². The van der Waals surface area contributed by atoms with Crippen LogP contribution < -0.4 is 5.73 Å². The number of hydrogen-bond donors (Lipinski definition) is 1. The van der Waals surface area contributed by atoms with E-state index >= 15 is 0 Å². The molecule has 2 N–H and O–H groups in total. The summed E-state index contributed by atoms with van der Waals surface area (Å²) in [6, 6.07) is 1.90. The van der Waals surface area contributed by atoms with Crippen LogP contribution in [0.3, 0.4) is 0 Å². The molecule has 0 amide bonds. The Morgan fingerprint density at radius 3 is 2.56 bits per heavy atom. The molecule has 0 aliphatic carbocycles. The van der Waals surface area contributed by atoms with Gasteiger partial charge in [-0.2, -0.15) is 0 Å². The summed E-state index contributed by atoms with van der Waals surface area (Å²) in [5, 5.41) is 0. The lowest BCUT2D eigenvalue weighted by molar-refractivity contribution is 1.25. The Morgan fingerprint density at radius 2 is 2.11 bits per heavy atom. The third kappa shape index (κ3) is 1.92. The molecule has 9 heavy (non-hydrogen) atoms. The van der Waals surface area contributed by atoms with E-state index in [4.69, 9.17) is 5.73 Å². The number of pyridine rings is 1. The first-order valence-corrected chi connectivity index (χ1v) is 4.42. The van der Waals surface area contributed by atoms with Crippen LogP contribution in [0.2, 0.25) is 0 Å². The SMILES string of the molecule is Nc1cnc(I)c(I)c1. The van der Waals surface area contributed by atoms with E-state index in [0.29, 0.717) is 0 Å². The van der Waals surface area contributed by atoms with E-state index in [1.54, 1.807) is 6.20 Å². The van der Waals surface area contributed by atoms with Gasteiger partial charge >= 0.3 is 0 Å².